The highest BCUT2D eigenvalue weighted by Crippen LogP contribution is 2.35. The third kappa shape index (κ3) is 3.23. The maximum absolute atomic E-state index is 13.3. The molecule has 4 rings (SSSR count). The molecule has 150 valence electrons. The van der Waals surface area contributed by atoms with Gasteiger partial charge in [0.2, 0.25) is 10.0 Å². The zero-order valence-electron chi connectivity index (χ0n) is 15.8. The molecule has 0 bridgehead atoms. The number of hydrogen-bond acceptors (Lipinski definition) is 4. The van der Waals surface area contributed by atoms with E-state index in [0.29, 0.717) is 18.8 Å². The summed E-state index contributed by atoms with van der Waals surface area (Å²) < 4.78 is 55.0. The predicted octanol–water partition coefficient (Wildman–Crippen LogP) is 3.00. The van der Waals surface area contributed by atoms with E-state index in [-0.39, 0.29) is 15.8 Å². The van der Waals surface area contributed by atoms with Gasteiger partial charge in [-0.15, -0.1) is 0 Å². The van der Waals surface area contributed by atoms with Crippen molar-refractivity contribution < 1.29 is 16.8 Å². The molecule has 1 fully saturated rings. The first-order chi connectivity index (χ1) is 13.3. The normalized spacial score (nSPS) is 20.9. The Kier molecular flexibility index (Phi) is 4.97. The van der Waals surface area contributed by atoms with Crippen LogP contribution in [0, 0.1) is 0 Å². The second kappa shape index (κ2) is 7.17. The van der Waals surface area contributed by atoms with Crippen LogP contribution in [0.3, 0.4) is 0 Å². The molecule has 1 atom stereocenters. The summed E-state index contributed by atoms with van der Waals surface area (Å²) in [6.45, 7) is 2.94. The molecule has 0 radical (unpaired) electrons. The number of para-hydroxylation sites is 1. The summed E-state index contributed by atoms with van der Waals surface area (Å²) in [5.74, 6) is 0. The number of anilines is 1. The number of fused-ring (bicyclic) bond motifs is 1. The van der Waals surface area contributed by atoms with E-state index in [2.05, 4.69) is 0 Å². The topological polar surface area (TPSA) is 74.8 Å². The molecule has 2 aromatic rings. The Morgan fingerprint density at radius 3 is 2.04 bits per heavy atom. The monoisotopic (exact) mass is 420 g/mol. The van der Waals surface area contributed by atoms with E-state index >= 15 is 0 Å². The quantitative estimate of drug-likeness (QED) is 0.762. The van der Waals surface area contributed by atoms with Crippen LogP contribution in [0.15, 0.2) is 58.3 Å². The van der Waals surface area contributed by atoms with Gasteiger partial charge in [-0.1, -0.05) is 18.2 Å². The van der Waals surface area contributed by atoms with Crippen molar-refractivity contribution in [1.82, 2.24) is 4.31 Å². The van der Waals surface area contributed by atoms with Crippen LogP contribution in [0.25, 0.3) is 0 Å². The molecule has 2 heterocycles. The first kappa shape index (κ1) is 19.4. The van der Waals surface area contributed by atoms with Crippen molar-refractivity contribution >= 4 is 25.7 Å². The van der Waals surface area contributed by atoms with E-state index in [9.17, 15) is 16.8 Å². The largest absolute Gasteiger partial charge is 0.264 e. The summed E-state index contributed by atoms with van der Waals surface area (Å²) in [4.78, 5) is 0.247. The van der Waals surface area contributed by atoms with Crippen molar-refractivity contribution in [3.63, 3.8) is 0 Å². The van der Waals surface area contributed by atoms with Crippen molar-refractivity contribution in [3.05, 3.63) is 54.1 Å². The fourth-order valence-electron chi connectivity index (χ4n) is 4.00. The van der Waals surface area contributed by atoms with Crippen LogP contribution in [0.4, 0.5) is 5.69 Å². The van der Waals surface area contributed by atoms with E-state index in [4.69, 9.17) is 0 Å². The average Bonchev–Trinajstić information content (AvgIpc) is 3.23. The van der Waals surface area contributed by atoms with Crippen LogP contribution in [0.2, 0.25) is 0 Å². The van der Waals surface area contributed by atoms with Crippen molar-refractivity contribution in [2.45, 2.75) is 48.4 Å². The molecule has 0 spiro atoms. The Bertz CT molecular complexity index is 1070. The van der Waals surface area contributed by atoms with Gasteiger partial charge in [0, 0.05) is 19.1 Å². The SMILES string of the molecule is C[C@@H]1CCc2ccccc2N1S(=O)(=O)c1ccc(S(=O)(=O)N2CCCC2)cc1. The zero-order valence-corrected chi connectivity index (χ0v) is 17.4. The van der Waals surface area contributed by atoms with Crippen molar-refractivity contribution in [3.8, 4) is 0 Å². The van der Waals surface area contributed by atoms with Crippen molar-refractivity contribution in [2.75, 3.05) is 17.4 Å². The fourth-order valence-corrected chi connectivity index (χ4v) is 7.24. The van der Waals surface area contributed by atoms with Crippen LogP contribution in [-0.4, -0.2) is 40.3 Å². The van der Waals surface area contributed by atoms with Crippen LogP contribution >= 0.6 is 0 Å². The lowest BCUT2D eigenvalue weighted by molar-refractivity contribution is 0.477. The molecule has 0 aliphatic carbocycles. The maximum Gasteiger partial charge on any atom is 0.264 e. The lowest BCUT2D eigenvalue weighted by atomic mass is 9.99. The van der Waals surface area contributed by atoms with Gasteiger partial charge in [0.05, 0.1) is 15.5 Å². The summed E-state index contributed by atoms with van der Waals surface area (Å²) in [6, 6.07) is 13.0. The first-order valence-electron chi connectivity index (χ1n) is 9.54. The number of benzene rings is 2. The first-order valence-corrected chi connectivity index (χ1v) is 12.4. The second-order valence-electron chi connectivity index (χ2n) is 7.40. The fraction of sp³-hybridized carbons (Fsp3) is 0.400. The molecule has 2 aliphatic heterocycles. The number of aryl methyl sites for hydroxylation is 1. The van der Waals surface area contributed by atoms with Gasteiger partial charge >= 0.3 is 0 Å². The maximum atomic E-state index is 13.3. The third-order valence-electron chi connectivity index (χ3n) is 5.54. The van der Waals surface area contributed by atoms with Gasteiger partial charge in [-0.05, 0) is 68.5 Å². The molecule has 0 saturated carbocycles. The Morgan fingerprint density at radius 1 is 0.821 bits per heavy atom. The Labute approximate surface area is 166 Å². The standard InChI is InChI=1S/C20H24N2O4S2/c1-16-8-9-17-6-2-3-7-20(17)22(16)28(25,26)19-12-10-18(11-13-19)27(23,24)21-14-4-5-15-21/h2-3,6-7,10-13,16H,4-5,8-9,14-15H2,1H3/t16-/m1/s1. The molecule has 8 heteroatoms. The minimum atomic E-state index is -3.78. The Morgan fingerprint density at radius 2 is 1.39 bits per heavy atom. The van der Waals surface area contributed by atoms with E-state index in [0.717, 1.165) is 31.2 Å². The number of hydrogen-bond donors (Lipinski definition) is 0. The summed E-state index contributed by atoms with van der Waals surface area (Å²) in [7, 11) is -7.34. The highest BCUT2D eigenvalue weighted by atomic mass is 32.2. The lowest BCUT2D eigenvalue weighted by Crippen LogP contribution is -2.42. The van der Waals surface area contributed by atoms with E-state index in [1.807, 2.05) is 31.2 Å². The zero-order chi connectivity index (χ0) is 19.9. The minimum Gasteiger partial charge on any atom is -0.263 e. The Hall–Kier alpha value is -1.90. The molecule has 0 unspecified atom stereocenters. The molecule has 0 aromatic heterocycles. The average molecular weight is 421 g/mol. The number of sulfonamides is 2. The Balaban J connectivity index is 1.69. The van der Waals surface area contributed by atoms with Gasteiger partial charge in [0.1, 0.15) is 0 Å². The summed E-state index contributed by atoms with van der Waals surface area (Å²) in [5.41, 5.74) is 1.72. The van der Waals surface area contributed by atoms with Crippen molar-refractivity contribution in [1.29, 1.82) is 0 Å². The van der Waals surface area contributed by atoms with E-state index < -0.39 is 20.0 Å². The number of rotatable bonds is 4. The van der Waals surface area contributed by atoms with Gasteiger partial charge in [-0.25, -0.2) is 16.8 Å². The summed E-state index contributed by atoms with van der Waals surface area (Å²) in [6.07, 6.45) is 3.31. The third-order valence-corrected chi connectivity index (χ3v) is 9.40. The summed E-state index contributed by atoms with van der Waals surface area (Å²) in [5, 5.41) is 0. The van der Waals surface area contributed by atoms with Gasteiger partial charge in [-0.2, -0.15) is 4.31 Å². The highest BCUT2D eigenvalue weighted by Gasteiger charge is 2.34. The van der Waals surface area contributed by atoms with Gasteiger partial charge in [0.25, 0.3) is 10.0 Å². The smallest absolute Gasteiger partial charge is 0.263 e. The van der Waals surface area contributed by atoms with Crippen LogP contribution in [0.5, 0.6) is 0 Å². The molecule has 2 aliphatic rings. The second-order valence-corrected chi connectivity index (χ2v) is 11.2. The molecule has 0 amide bonds. The van der Waals surface area contributed by atoms with Gasteiger partial charge < -0.3 is 0 Å². The highest BCUT2D eigenvalue weighted by molar-refractivity contribution is 7.93. The van der Waals surface area contributed by atoms with E-state index in [1.54, 1.807) is 0 Å². The van der Waals surface area contributed by atoms with Crippen LogP contribution in [0.1, 0.15) is 31.7 Å². The van der Waals surface area contributed by atoms with Crippen LogP contribution < -0.4 is 4.31 Å². The van der Waals surface area contributed by atoms with Gasteiger partial charge in [0.15, 0.2) is 0 Å². The van der Waals surface area contributed by atoms with Crippen molar-refractivity contribution in [2.24, 2.45) is 0 Å². The molecular formula is C20H24N2O4S2. The molecule has 0 N–H and O–H groups in total. The summed E-state index contributed by atoms with van der Waals surface area (Å²) >= 11 is 0. The molecule has 1 saturated heterocycles. The molecule has 2 aromatic carbocycles. The van der Waals surface area contributed by atoms with Crippen LogP contribution in [-0.2, 0) is 26.5 Å². The lowest BCUT2D eigenvalue weighted by Gasteiger charge is -2.36. The predicted molar refractivity (Wildman–Crippen MR) is 108 cm³/mol. The van der Waals surface area contributed by atoms with Gasteiger partial charge in [-0.3, -0.25) is 4.31 Å². The van der Waals surface area contributed by atoms with E-state index in [1.165, 1.54) is 32.9 Å². The molecule has 28 heavy (non-hydrogen) atoms. The molecule has 6 nitrogen and oxygen atoms in total. The molecular weight excluding hydrogens is 396 g/mol. The minimum absolute atomic E-state index is 0.108. The number of nitrogens with zero attached hydrogens (tertiary/aromatic N) is 2.